The van der Waals surface area contributed by atoms with Gasteiger partial charge < -0.3 is 14.8 Å². The zero-order valence-corrected chi connectivity index (χ0v) is 16.1. The lowest BCUT2D eigenvalue weighted by atomic mass is 9.81. The molecule has 0 aromatic heterocycles. The fraction of sp³-hybridized carbons (Fsp3) is 0.619. The Morgan fingerprint density at radius 2 is 1.92 bits per heavy atom. The highest BCUT2D eigenvalue weighted by atomic mass is 16.6. The summed E-state index contributed by atoms with van der Waals surface area (Å²) in [6.07, 6.45) is 3.43. The number of rotatable bonds is 5. The molecule has 1 saturated carbocycles. The maximum Gasteiger partial charge on any atom is 0.407 e. The number of hydrogen-bond acceptors (Lipinski definition) is 4. The largest absolute Gasteiger partial charge is 0.469 e. The van der Waals surface area contributed by atoms with E-state index in [1.165, 1.54) is 25.5 Å². The van der Waals surface area contributed by atoms with Crippen molar-refractivity contribution in [3.05, 3.63) is 35.4 Å². The topological polar surface area (TPSA) is 64.6 Å². The minimum atomic E-state index is -0.555. The molecular weight excluding hydrogens is 330 g/mol. The van der Waals surface area contributed by atoms with Crippen LogP contribution < -0.4 is 5.32 Å². The number of amides is 1. The molecule has 1 aromatic rings. The monoisotopic (exact) mass is 359 g/mol. The molecule has 1 aromatic carbocycles. The molecule has 0 bridgehead atoms. The Labute approximate surface area is 155 Å². The molecule has 0 heterocycles. The van der Waals surface area contributed by atoms with Crippen molar-refractivity contribution in [2.24, 2.45) is 11.8 Å². The molecule has 3 atom stereocenters. The Morgan fingerprint density at radius 3 is 2.54 bits per heavy atom. The molecular formula is C21H29NO4. The lowest BCUT2D eigenvalue weighted by Crippen LogP contribution is -2.44. The number of nitrogens with one attached hydrogen (secondary N) is 1. The molecule has 2 aliphatic rings. The highest BCUT2D eigenvalue weighted by Gasteiger charge is 2.44. The summed E-state index contributed by atoms with van der Waals surface area (Å²) in [7, 11) is 1.44. The van der Waals surface area contributed by atoms with Crippen molar-refractivity contribution in [3.8, 4) is 0 Å². The summed E-state index contributed by atoms with van der Waals surface area (Å²) in [5, 5.41) is 3.02. The lowest BCUT2D eigenvalue weighted by molar-refractivity contribution is -0.147. The number of carbonyl (C=O) groups is 2. The minimum absolute atomic E-state index is 0.0771. The number of benzene rings is 1. The molecule has 0 saturated heterocycles. The van der Waals surface area contributed by atoms with Crippen LogP contribution in [0.2, 0.25) is 0 Å². The van der Waals surface area contributed by atoms with E-state index in [1.54, 1.807) is 0 Å². The predicted octanol–water partition coefficient (Wildman–Crippen LogP) is 3.81. The summed E-state index contributed by atoms with van der Waals surface area (Å²) >= 11 is 0. The van der Waals surface area contributed by atoms with Gasteiger partial charge in [-0.05, 0) is 50.7 Å². The summed E-state index contributed by atoms with van der Waals surface area (Å²) in [6, 6.07) is 7.97. The van der Waals surface area contributed by atoms with Crippen LogP contribution in [0.25, 0.3) is 0 Å². The molecule has 1 fully saturated rings. The van der Waals surface area contributed by atoms with E-state index in [4.69, 9.17) is 9.47 Å². The van der Waals surface area contributed by atoms with Crippen LogP contribution in [0.15, 0.2) is 24.3 Å². The number of esters is 1. The van der Waals surface area contributed by atoms with Crippen molar-refractivity contribution >= 4 is 12.1 Å². The second kappa shape index (κ2) is 7.29. The summed E-state index contributed by atoms with van der Waals surface area (Å²) in [4.78, 5) is 24.9. The molecule has 1 unspecified atom stereocenters. The van der Waals surface area contributed by atoms with Crippen LogP contribution in [0.1, 0.15) is 57.1 Å². The average molecular weight is 359 g/mol. The van der Waals surface area contributed by atoms with Crippen LogP contribution >= 0.6 is 0 Å². The molecule has 26 heavy (non-hydrogen) atoms. The average Bonchev–Trinajstić information content (AvgIpc) is 3.30. The number of hydrogen-bond donors (Lipinski definition) is 1. The normalized spacial score (nSPS) is 23.1. The molecule has 1 N–H and O–H groups in total. The SMILES string of the molecule is COC(=O)C(CC1CC1)[C@@H]1c2ccccc2C[C@H]1NC(=O)OC(C)(C)C. The Morgan fingerprint density at radius 1 is 1.23 bits per heavy atom. The maximum atomic E-state index is 12.6. The van der Waals surface area contributed by atoms with Gasteiger partial charge in [0.1, 0.15) is 5.60 Å². The Hall–Kier alpha value is -2.04. The minimum Gasteiger partial charge on any atom is -0.469 e. The first-order valence-electron chi connectivity index (χ1n) is 9.43. The third-order valence-corrected chi connectivity index (χ3v) is 5.21. The molecule has 0 spiro atoms. The third-order valence-electron chi connectivity index (χ3n) is 5.21. The van der Waals surface area contributed by atoms with Gasteiger partial charge in [0.05, 0.1) is 13.0 Å². The first-order chi connectivity index (χ1) is 12.3. The summed E-state index contributed by atoms with van der Waals surface area (Å²) in [5.41, 5.74) is 1.77. The van der Waals surface area contributed by atoms with Gasteiger partial charge in [-0.1, -0.05) is 37.1 Å². The smallest absolute Gasteiger partial charge is 0.407 e. The zero-order chi connectivity index (χ0) is 18.9. The van der Waals surface area contributed by atoms with E-state index < -0.39 is 11.7 Å². The maximum absolute atomic E-state index is 12.6. The fourth-order valence-electron chi connectivity index (χ4n) is 3.98. The van der Waals surface area contributed by atoms with Gasteiger partial charge in [0.15, 0.2) is 0 Å². The van der Waals surface area contributed by atoms with E-state index in [0.717, 1.165) is 12.0 Å². The fourth-order valence-corrected chi connectivity index (χ4v) is 3.98. The highest BCUT2D eigenvalue weighted by Crippen LogP contribution is 2.45. The number of carbonyl (C=O) groups excluding carboxylic acids is 2. The van der Waals surface area contributed by atoms with Crippen LogP contribution in [0, 0.1) is 11.8 Å². The van der Waals surface area contributed by atoms with Crippen molar-refractivity contribution in [1.29, 1.82) is 0 Å². The van der Waals surface area contributed by atoms with Crippen molar-refractivity contribution in [2.75, 3.05) is 7.11 Å². The van der Waals surface area contributed by atoms with Crippen LogP contribution in [0.3, 0.4) is 0 Å². The first kappa shape index (κ1) is 18.7. The Bertz CT molecular complexity index is 675. The van der Waals surface area contributed by atoms with Crippen LogP contribution in [0.5, 0.6) is 0 Å². The first-order valence-corrected chi connectivity index (χ1v) is 9.43. The standard InChI is InChI=1S/C21H29NO4/c1-21(2,3)26-20(24)22-17-12-14-7-5-6-8-15(14)18(17)16(19(23)25-4)11-13-9-10-13/h5-8,13,16-18H,9-12H2,1-4H3,(H,22,24)/t16?,17-,18+/m1/s1. The Balaban J connectivity index is 1.85. The second-order valence-electron chi connectivity index (χ2n) is 8.49. The quantitative estimate of drug-likeness (QED) is 0.812. The van der Waals surface area contributed by atoms with Crippen molar-refractivity contribution in [3.63, 3.8) is 0 Å². The molecule has 0 radical (unpaired) electrons. The second-order valence-corrected chi connectivity index (χ2v) is 8.49. The number of methoxy groups -OCH3 is 1. The van der Waals surface area contributed by atoms with Crippen LogP contribution in [0.4, 0.5) is 4.79 Å². The van der Waals surface area contributed by atoms with E-state index in [1.807, 2.05) is 32.9 Å². The Kier molecular flexibility index (Phi) is 5.26. The molecule has 2 aliphatic carbocycles. The van der Waals surface area contributed by atoms with Crippen molar-refractivity contribution < 1.29 is 19.1 Å². The molecule has 0 aliphatic heterocycles. The van der Waals surface area contributed by atoms with Gasteiger partial charge in [-0.2, -0.15) is 0 Å². The van der Waals surface area contributed by atoms with E-state index in [2.05, 4.69) is 17.4 Å². The lowest BCUT2D eigenvalue weighted by Gasteiger charge is -2.29. The van der Waals surface area contributed by atoms with Crippen molar-refractivity contribution in [2.45, 2.75) is 64.0 Å². The molecule has 3 rings (SSSR count). The summed E-state index contributed by atoms with van der Waals surface area (Å²) in [5.74, 6) is 0.0893. The highest BCUT2D eigenvalue weighted by molar-refractivity contribution is 5.75. The van der Waals surface area contributed by atoms with Gasteiger partial charge >= 0.3 is 12.1 Å². The number of alkyl carbamates (subject to hydrolysis) is 1. The van der Waals surface area contributed by atoms with Crippen LogP contribution in [-0.4, -0.2) is 30.8 Å². The van der Waals surface area contributed by atoms with Crippen molar-refractivity contribution in [1.82, 2.24) is 5.32 Å². The van der Waals surface area contributed by atoms with Gasteiger partial charge in [0.2, 0.25) is 0 Å². The molecule has 5 heteroatoms. The van der Waals surface area contributed by atoms with E-state index in [0.29, 0.717) is 12.3 Å². The van der Waals surface area contributed by atoms with Gasteiger partial charge in [-0.3, -0.25) is 4.79 Å². The third kappa shape index (κ3) is 4.37. The number of ether oxygens (including phenoxy) is 2. The molecule has 1 amide bonds. The van der Waals surface area contributed by atoms with E-state index in [-0.39, 0.29) is 23.8 Å². The molecule has 142 valence electrons. The molecule has 5 nitrogen and oxygen atoms in total. The predicted molar refractivity (Wildman–Crippen MR) is 98.9 cm³/mol. The van der Waals surface area contributed by atoms with Gasteiger partial charge in [-0.15, -0.1) is 0 Å². The zero-order valence-electron chi connectivity index (χ0n) is 16.1. The summed E-state index contributed by atoms with van der Waals surface area (Å²) in [6.45, 7) is 5.54. The number of fused-ring (bicyclic) bond motifs is 1. The van der Waals surface area contributed by atoms with Gasteiger partial charge in [0.25, 0.3) is 0 Å². The van der Waals surface area contributed by atoms with E-state index in [9.17, 15) is 9.59 Å². The van der Waals surface area contributed by atoms with E-state index >= 15 is 0 Å². The van der Waals surface area contributed by atoms with Gasteiger partial charge in [0, 0.05) is 12.0 Å². The van der Waals surface area contributed by atoms with Crippen LogP contribution in [-0.2, 0) is 20.7 Å². The summed E-state index contributed by atoms with van der Waals surface area (Å²) < 4.78 is 10.6. The van der Waals surface area contributed by atoms with Gasteiger partial charge in [-0.25, -0.2) is 4.79 Å².